The number of amides is 1. The Bertz CT molecular complexity index is 602. The third-order valence-corrected chi connectivity index (χ3v) is 5.03. The van der Waals surface area contributed by atoms with Gasteiger partial charge in [0.15, 0.2) is 5.11 Å². The maximum atomic E-state index is 11.5. The molecule has 1 aliphatic rings. The van der Waals surface area contributed by atoms with E-state index in [2.05, 4.69) is 10.2 Å². The minimum absolute atomic E-state index is 0.121. The molecule has 0 unspecified atom stereocenters. The fourth-order valence-electron chi connectivity index (χ4n) is 2.95. The van der Waals surface area contributed by atoms with Crippen molar-refractivity contribution in [3.63, 3.8) is 0 Å². The van der Waals surface area contributed by atoms with Crippen LogP contribution in [0.25, 0.3) is 0 Å². The van der Waals surface area contributed by atoms with Gasteiger partial charge >= 0.3 is 0 Å². The molecular formula is C17H23Cl2N3O2S. The average Bonchev–Trinajstić information content (AvgIpc) is 2.54. The minimum Gasteiger partial charge on any atom is -0.383 e. The van der Waals surface area contributed by atoms with Gasteiger partial charge in [0.25, 0.3) is 0 Å². The Hall–Kier alpha value is -1.08. The van der Waals surface area contributed by atoms with Gasteiger partial charge < -0.3 is 19.9 Å². The Kier molecular flexibility index (Phi) is 7.75. The quantitative estimate of drug-likeness (QED) is 0.760. The standard InChI is InChI=1S/C17H23Cl2N3O2S/c1-12(23)21-5-3-16(4-6-21)22(7-8-24-2)17(25)20-15-10-13(18)9-14(19)11-15/h9-11,16H,3-8H2,1-2H3,(H,20,25). The van der Waals surface area contributed by atoms with Crippen molar-refractivity contribution in [2.45, 2.75) is 25.8 Å². The normalized spacial score (nSPS) is 15.1. The zero-order chi connectivity index (χ0) is 18.4. The van der Waals surface area contributed by atoms with Gasteiger partial charge in [-0.1, -0.05) is 23.2 Å². The molecule has 0 bridgehead atoms. The van der Waals surface area contributed by atoms with Crippen molar-refractivity contribution in [2.75, 3.05) is 38.7 Å². The summed E-state index contributed by atoms with van der Waals surface area (Å²) in [5, 5.41) is 4.93. The maximum absolute atomic E-state index is 11.5. The van der Waals surface area contributed by atoms with E-state index in [9.17, 15) is 4.79 Å². The number of carbonyl (C=O) groups is 1. The summed E-state index contributed by atoms with van der Waals surface area (Å²) in [6, 6.07) is 5.51. The molecule has 1 saturated heterocycles. The summed E-state index contributed by atoms with van der Waals surface area (Å²) in [6.07, 6.45) is 1.75. The number of rotatable bonds is 5. The number of thiocarbonyl (C=S) groups is 1. The van der Waals surface area contributed by atoms with Crippen LogP contribution in [0.5, 0.6) is 0 Å². The van der Waals surface area contributed by atoms with Crippen LogP contribution in [0, 0.1) is 0 Å². The molecule has 1 aromatic rings. The van der Waals surface area contributed by atoms with Crippen LogP contribution in [0.3, 0.4) is 0 Å². The Morgan fingerprint density at radius 3 is 2.44 bits per heavy atom. The summed E-state index contributed by atoms with van der Waals surface area (Å²) in [6.45, 7) is 4.36. The third kappa shape index (κ3) is 5.99. The molecule has 8 heteroatoms. The molecule has 1 fully saturated rings. The lowest BCUT2D eigenvalue weighted by atomic mass is 10.0. The molecule has 1 amide bonds. The lowest BCUT2D eigenvalue weighted by Crippen LogP contribution is -2.50. The van der Waals surface area contributed by atoms with Crippen LogP contribution in [-0.4, -0.2) is 60.2 Å². The number of methoxy groups -OCH3 is 1. The van der Waals surface area contributed by atoms with E-state index >= 15 is 0 Å². The summed E-state index contributed by atoms with van der Waals surface area (Å²) < 4.78 is 5.23. The van der Waals surface area contributed by atoms with E-state index < -0.39 is 0 Å². The number of nitrogens with zero attached hydrogens (tertiary/aromatic N) is 2. The predicted molar refractivity (Wildman–Crippen MR) is 107 cm³/mol. The van der Waals surface area contributed by atoms with E-state index in [1.165, 1.54) is 0 Å². The second kappa shape index (κ2) is 9.57. The Balaban J connectivity index is 2.05. The summed E-state index contributed by atoms with van der Waals surface area (Å²) >= 11 is 17.7. The Labute approximate surface area is 164 Å². The molecule has 0 radical (unpaired) electrons. The van der Waals surface area contributed by atoms with Gasteiger partial charge in [0.2, 0.25) is 5.91 Å². The first-order valence-corrected chi connectivity index (χ1v) is 9.35. The first-order valence-electron chi connectivity index (χ1n) is 8.19. The number of benzene rings is 1. The first kappa shape index (κ1) is 20.2. The predicted octanol–water partition coefficient (Wildman–Crippen LogP) is 3.65. The molecule has 25 heavy (non-hydrogen) atoms. The van der Waals surface area contributed by atoms with Crippen LogP contribution in [0.2, 0.25) is 10.0 Å². The average molecular weight is 404 g/mol. The lowest BCUT2D eigenvalue weighted by Gasteiger charge is -2.39. The number of carbonyl (C=O) groups excluding carboxylic acids is 1. The second-order valence-corrected chi connectivity index (χ2v) is 7.27. The number of piperidine rings is 1. The third-order valence-electron chi connectivity index (χ3n) is 4.26. The molecule has 138 valence electrons. The molecule has 0 aromatic heterocycles. The molecule has 0 saturated carbocycles. The van der Waals surface area contributed by atoms with Crippen molar-refractivity contribution >= 4 is 52.1 Å². The molecule has 1 heterocycles. The van der Waals surface area contributed by atoms with Gasteiger partial charge in [-0.05, 0) is 43.3 Å². The van der Waals surface area contributed by atoms with Crippen LogP contribution in [-0.2, 0) is 9.53 Å². The van der Waals surface area contributed by atoms with Crippen molar-refractivity contribution in [1.29, 1.82) is 0 Å². The van der Waals surface area contributed by atoms with E-state index in [0.717, 1.165) is 31.6 Å². The maximum Gasteiger partial charge on any atom is 0.219 e. The van der Waals surface area contributed by atoms with Gasteiger partial charge in [0.05, 0.1) is 6.61 Å². The molecule has 1 N–H and O–H groups in total. The minimum atomic E-state index is 0.121. The van der Waals surface area contributed by atoms with Gasteiger partial charge in [-0.15, -0.1) is 0 Å². The first-order chi connectivity index (χ1) is 11.9. The molecular weight excluding hydrogens is 381 g/mol. The zero-order valence-corrected chi connectivity index (χ0v) is 16.8. The van der Waals surface area contributed by atoms with Gasteiger partial charge in [0, 0.05) is 55.4 Å². The highest BCUT2D eigenvalue weighted by molar-refractivity contribution is 7.80. The number of halogens is 2. The highest BCUT2D eigenvalue weighted by atomic mass is 35.5. The van der Waals surface area contributed by atoms with Gasteiger partial charge in [0.1, 0.15) is 0 Å². The molecule has 0 spiro atoms. The fourth-order valence-corrected chi connectivity index (χ4v) is 3.84. The van der Waals surface area contributed by atoms with E-state index in [1.54, 1.807) is 32.2 Å². The van der Waals surface area contributed by atoms with E-state index in [0.29, 0.717) is 28.3 Å². The van der Waals surface area contributed by atoms with Crippen molar-refractivity contribution in [3.8, 4) is 0 Å². The summed E-state index contributed by atoms with van der Waals surface area (Å²) in [5.74, 6) is 0.121. The second-order valence-electron chi connectivity index (χ2n) is 6.01. The van der Waals surface area contributed by atoms with Crippen molar-refractivity contribution in [1.82, 2.24) is 9.80 Å². The summed E-state index contributed by atoms with van der Waals surface area (Å²) in [7, 11) is 1.67. The van der Waals surface area contributed by atoms with Gasteiger partial charge in [-0.2, -0.15) is 0 Å². The fraction of sp³-hybridized carbons (Fsp3) is 0.529. The smallest absolute Gasteiger partial charge is 0.219 e. The number of nitrogens with one attached hydrogen (secondary N) is 1. The van der Waals surface area contributed by atoms with Crippen molar-refractivity contribution in [2.24, 2.45) is 0 Å². The monoisotopic (exact) mass is 403 g/mol. The Morgan fingerprint density at radius 1 is 1.32 bits per heavy atom. The largest absolute Gasteiger partial charge is 0.383 e. The molecule has 0 atom stereocenters. The Morgan fingerprint density at radius 2 is 1.92 bits per heavy atom. The van der Waals surface area contributed by atoms with Crippen molar-refractivity contribution < 1.29 is 9.53 Å². The van der Waals surface area contributed by atoms with E-state index in [4.69, 9.17) is 40.2 Å². The summed E-state index contributed by atoms with van der Waals surface area (Å²) in [4.78, 5) is 15.5. The van der Waals surface area contributed by atoms with Crippen LogP contribution in [0.1, 0.15) is 19.8 Å². The van der Waals surface area contributed by atoms with E-state index in [-0.39, 0.29) is 11.9 Å². The van der Waals surface area contributed by atoms with Crippen molar-refractivity contribution in [3.05, 3.63) is 28.2 Å². The summed E-state index contributed by atoms with van der Waals surface area (Å²) in [5.41, 5.74) is 0.756. The molecule has 2 rings (SSSR count). The number of likely N-dealkylation sites (tertiary alicyclic amines) is 1. The van der Waals surface area contributed by atoms with Gasteiger partial charge in [-0.3, -0.25) is 4.79 Å². The van der Waals surface area contributed by atoms with Crippen LogP contribution in [0.4, 0.5) is 5.69 Å². The van der Waals surface area contributed by atoms with Crippen LogP contribution >= 0.6 is 35.4 Å². The van der Waals surface area contributed by atoms with Crippen LogP contribution in [0.15, 0.2) is 18.2 Å². The number of ether oxygens (including phenoxy) is 1. The molecule has 1 aromatic carbocycles. The molecule has 1 aliphatic heterocycles. The SMILES string of the molecule is COCCN(C(=S)Nc1cc(Cl)cc(Cl)c1)C1CCN(C(C)=O)CC1. The molecule has 5 nitrogen and oxygen atoms in total. The lowest BCUT2D eigenvalue weighted by molar-refractivity contribution is -0.130. The zero-order valence-electron chi connectivity index (χ0n) is 14.4. The number of hydrogen-bond acceptors (Lipinski definition) is 3. The highest BCUT2D eigenvalue weighted by Gasteiger charge is 2.27. The highest BCUT2D eigenvalue weighted by Crippen LogP contribution is 2.24. The number of hydrogen-bond donors (Lipinski definition) is 1. The van der Waals surface area contributed by atoms with E-state index in [1.807, 2.05) is 4.90 Å². The van der Waals surface area contributed by atoms with Gasteiger partial charge in [-0.25, -0.2) is 0 Å². The molecule has 0 aliphatic carbocycles. The topological polar surface area (TPSA) is 44.8 Å². The number of anilines is 1. The van der Waals surface area contributed by atoms with Crippen LogP contribution < -0.4 is 5.32 Å².